The van der Waals surface area contributed by atoms with E-state index in [-0.39, 0.29) is 5.12 Å². The highest BCUT2D eigenvalue weighted by atomic mass is 32.2. The molecule has 0 amide bonds. The molecular formula is C12H11OS. The second-order valence-electron chi connectivity index (χ2n) is 2.59. The Labute approximate surface area is 88.5 Å². The second kappa shape index (κ2) is 6.22. The summed E-state index contributed by atoms with van der Waals surface area (Å²) in [6.45, 7) is 3.54. The van der Waals surface area contributed by atoms with Gasteiger partial charge in [-0.1, -0.05) is 48.2 Å². The predicted octanol–water partition coefficient (Wildman–Crippen LogP) is 2.95. The van der Waals surface area contributed by atoms with Gasteiger partial charge in [0, 0.05) is 11.8 Å². The smallest absolute Gasteiger partial charge is 0.220 e. The number of benzene rings is 1. The van der Waals surface area contributed by atoms with Crippen molar-refractivity contribution in [1.82, 2.24) is 0 Å². The SMILES string of the molecule is C=CCSC(=O)/[C]=C/c1ccccc1. The molecule has 71 valence electrons. The summed E-state index contributed by atoms with van der Waals surface area (Å²) in [6, 6.07) is 9.65. The van der Waals surface area contributed by atoms with Crippen molar-refractivity contribution in [2.24, 2.45) is 0 Å². The normalized spacial score (nSPS) is 10.3. The lowest BCUT2D eigenvalue weighted by molar-refractivity contribution is -0.107. The fraction of sp³-hybridized carbons (Fsp3) is 0.0833. The maximum absolute atomic E-state index is 11.1. The predicted molar refractivity (Wildman–Crippen MR) is 61.8 cm³/mol. The van der Waals surface area contributed by atoms with Crippen LogP contribution < -0.4 is 0 Å². The van der Waals surface area contributed by atoms with Crippen molar-refractivity contribution in [3.05, 3.63) is 54.6 Å². The third-order valence-electron chi connectivity index (χ3n) is 1.49. The van der Waals surface area contributed by atoms with Crippen LogP contribution in [-0.2, 0) is 4.79 Å². The third kappa shape index (κ3) is 4.10. The van der Waals surface area contributed by atoms with E-state index in [9.17, 15) is 4.79 Å². The van der Waals surface area contributed by atoms with Crippen LogP contribution >= 0.6 is 11.8 Å². The van der Waals surface area contributed by atoms with E-state index in [1.54, 1.807) is 12.2 Å². The van der Waals surface area contributed by atoms with Crippen molar-refractivity contribution in [2.45, 2.75) is 0 Å². The Morgan fingerprint density at radius 2 is 2.14 bits per heavy atom. The van der Waals surface area contributed by atoms with Gasteiger partial charge in [-0.2, -0.15) is 0 Å². The van der Waals surface area contributed by atoms with E-state index in [0.29, 0.717) is 5.75 Å². The maximum Gasteiger partial charge on any atom is 0.220 e. The van der Waals surface area contributed by atoms with E-state index < -0.39 is 0 Å². The lowest BCUT2D eigenvalue weighted by atomic mass is 10.2. The van der Waals surface area contributed by atoms with Crippen LogP contribution in [0.1, 0.15) is 5.56 Å². The summed E-state index contributed by atoms with van der Waals surface area (Å²) in [5.74, 6) is 0.633. The molecule has 0 heterocycles. The summed E-state index contributed by atoms with van der Waals surface area (Å²) in [7, 11) is 0. The summed E-state index contributed by atoms with van der Waals surface area (Å²) in [5.41, 5.74) is 0.986. The standard InChI is InChI=1S/C12H11OS/c1-2-10-14-12(13)9-8-11-6-4-3-5-7-11/h2-8H,1,10H2. The first-order valence-electron chi connectivity index (χ1n) is 4.25. The quantitative estimate of drug-likeness (QED) is 0.553. The Morgan fingerprint density at radius 3 is 2.79 bits per heavy atom. The molecule has 1 aromatic carbocycles. The van der Waals surface area contributed by atoms with Crippen molar-refractivity contribution >= 4 is 23.0 Å². The zero-order valence-corrected chi connectivity index (χ0v) is 8.59. The molecule has 0 N–H and O–H groups in total. The number of hydrogen-bond donors (Lipinski definition) is 0. The molecule has 0 aliphatic rings. The Balaban J connectivity index is 2.48. The molecule has 2 heteroatoms. The van der Waals surface area contributed by atoms with E-state index in [1.165, 1.54) is 11.8 Å². The van der Waals surface area contributed by atoms with Crippen LogP contribution in [0, 0.1) is 6.08 Å². The van der Waals surface area contributed by atoms with Crippen LogP contribution in [0.3, 0.4) is 0 Å². The lowest BCUT2D eigenvalue weighted by Crippen LogP contribution is -1.86. The van der Waals surface area contributed by atoms with Crippen LogP contribution in [0.2, 0.25) is 0 Å². The minimum Gasteiger partial charge on any atom is -0.282 e. The molecule has 1 aromatic rings. The molecular weight excluding hydrogens is 192 g/mol. The zero-order valence-electron chi connectivity index (χ0n) is 7.77. The molecule has 0 bridgehead atoms. The fourth-order valence-electron chi connectivity index (χ4n) is 0.868. The van der Waals surface area contributed by atoms with Crippen LogP contribution in [0.15, 0.2) is 43.0 Å². The Hall–Kier alpha value is -1.28. The monoisotopic (exact) mass is 203 g/mol. The summed E-state index contributed by atoms with van der Waals surface area (Å²) >= 11 is 1.20. The van der Waals surface area contributed by atoms with Crippen molar-refractivity contribution in [1.29, 1.82) is 0 Å². The highest BCUT2D eigenvalue weighted by Gasteiger charge is 1.94. The van der Waals surface area contributed by atoms with E-state index in [4.69, 9.17) is 0 Å². The average Bonchev–Trinajstić information content (AvgIpc) is 2.25. The number of thioether (sulfide) groups is 1. The van der Waals surface area contributed by atoms with Crippen LogP contribution in [0.5, 0.6) is 0 Å². The van der Waals surface area contributed by atoms with Crippen molar-refractivity contribution < 1.29 is 4.79 Å². The highest BCUT2D eigenvalue weighted by molar-refractivity contribution is 8.14. The Bertz CT molecular complexity index is 327. The first kappa shape index (κ1) is 10.8. The van der Waals surface area contributed by atoms with E-state index in [2.05, 4.69) is 12.7 Å². The zero-order chi connectivity index (χ0) is 10.2. The molecule has 0 aliphatic heterocycles. The third-order valence-corrected chi connectivity index (χ3v) is 2.27. The summed E-state index contributed by atoms with van der Waals surface area (Å²) < 4.78 is 0. The van der Waals surface area contributed by atoms with Gasteiger partial charge in [0.25, 0.3) is 0 Å². The number of rotatable bonds is 4. The molecule has 1 radical (unpaired) electrons. The lowest BCUT2D eigenvalue weighted by Gasteiger charge is -1.90. The molecule has 0 atom stereocenters. The number of carbonyl (C=O) groups excluding carboxylic acids is 1. The molecule has 14 heavy (non-hydrogen) atoms. The van der Waals surface area contributed by atoms with Gasteiger partial charge < -0.3 is 0 Å². The van der Waals surface area contributed by atoms with Crippen molar-refractivity contribution in [3.8, 4) is 0 Å². The number of hydrogen-bond acceptors (Lipinski definition) is 2. The first-order valence-corrected chi connectivity index (χ1v) is 5.24. The summed E-state index contributed by atoms with van der Waals surface area (Å²) in [5, 5.41) is -0.0613. The summed E-state index contributed by atoms with van der Waals surface area (Å²) in [4.78, 5) is 11.1. The highest BCUT2D eigenvalue weighted by Crippen LogP contribution is 2.05. The Morgan fingerprint density at radius 1 is 1.43 bits per heavy atom. The van der Waals surface area contributed by atoms with Gasteiger partial charge in [-0.3, -0.25) is 4.79 Å². The van der Waals surface area contributed by atoms with Gasteiger partial charge in [-0.15, -0.1) is 6.58 Å². The molecule has 0 fully saturated rings. The topological polar surface area (TPSA) is 17.1 Å². The molecule has 1 nitrogen and oxygen atoms in total. The molecule has 1 rings (SSSR count). The van der Waals surface area contributed by atoms with Crippen LogP contribution in [-0.4, -0.2) is 10.9 Å². The van der Waals surface area contributed by atoms with Gasteiger partial charge in [0.1, 0.15) is 0 Å². The first-order chi connectivity index (χ1) is 6.83. The summed E-state index contributed by atoms with van der Waals surface area (Å²) in [6.07, 6.45) is 6.08. The van der Waals surface area contributed by atoms with E-state index >= 15 is 0 Å². The second-order valence-corrected chi connectivity index (χ2v) is 3.58. The minimum atomic E-state index is -0.0613. The van der Waals surface area contributed by atoms with Gasteiger partial charge in [0.2, 0.25) is 5.12 Å². The van der Waals surface area contributed by atoms with Crippen molar-refractivity contribution in [2.75, 3.05) is 5.75 Å². The van der Waals surface area contributed by atoms with Gasteiger partial charge in [0.15, 0.2) is 0 Å². The molecule has 0 aromatic heterocycles. The van der Waals surface area contributed by atoms with Gasteiger partial charge >= 0.3 is 0 Å². The molecule has 0 saturated carbocycles. The average molecular weight is 203 g/mol. The van der Waals surface area contributed by atoms with Crippen LogP contribution in [0.25, 0.3) is 6.08 Å². The van der Waals surface area contributed by atoms with E-state index in [0.717, 1.165) is 5.56 Å². The minimum absolute atomic E-state index is 0.0613. The largest absolute Gasteiger partial charge is 0.282 e. The Kier molecular flexibility index (Phi) is 4.79. The molecule has 0 aliphatic carbocycles. The number of carbonyl (C=O) groups is 1. The van der Waals surface area contributed by atoms with Gasteiger partial charge in [-0.25, -0.2) is 0 Å². The fourth-order valence-corrected chi connectivity index (χ4v) is 1.28. The molecule has 0 spiro atoms. The van der Waals surface area contributed by atoms with Crippen molar-refractivity contribution in [3.63, 3.8) is 0 Å². The van der Waals surface area contributed by atoms with Crippen LogP contribution in [0.4, 0.5) is 0 Å². The molecule has 0 saturated heterocycles. The van der Waals surface area contributed by atoms with Gasteiger partial charge in [-0.05, 0) is 11.6 Å². The van der Waals surface area contributed by atoms with E-state index in [1.807, 2.05) is 30.3 Å². The maximum atomic E-state index is 11.1. The molecule has 0 unspecified atom stereocenters. The van der Waals surface area contributed by atoms with Gasteiger partial charge in [0.05, 0.1) is 0 Å².